The van der Waals surface area contributed by atoms with E-state index < -0.39 is 0 Å². The van der Waals surface area contributed by atoms with Crippen LogP contribution in [0.2, 0.25) is 5.02 Å². The van der Waals surface area contributed by atoms with Gasteiger partial charge in [-0.1, -0.05) is 11.6 Å². The molecule has 0 spiro atoms. The van der Waals surface area contributed by atoms with Crippen LogP contribution in [0, 0.1) is 5.92 Å². The zero-order valence-corrected chi connectivity index (χ0v) is 11.2. The molecule has 0 atom stereocenters. The molecule has 0 bridgehead atoms. The van der Waals surface area contributed by atoms with E-state index in [0.29, 0.717) is 6.54 Å². The van der Waals surface area contributed by atoms with E-state index in [9.17, 15) is 0 Å². The molecule has 2 rings (SSSR count). The Morgan fingerprint density at radius 3 is 2.76 bits per heavy atom. The van der Waals surface area contributed by atoms with E-state index in [1.54, 1.807) is 0 Å². The Kier molecular flexibility index (Phi) is 4.30. The highest BCUT2D eigenvalue weighted by molar-refractivity contribution is 6.30. The van der Waals surface area contributed by atoms with Crippen LogP contribution in [0.1, 0.15) is 25.3 Å². The SMILES string of the molecule is CCN(CC1CC1)c1ccc(Cl)cc1CCN. The van der Waals surface area contributed by atoms with Gasteiger partial charge in [-0.05, 0) is 62.4 Å². The number of benzene rings is 1. The minimum Gasteiger partial charge on any atom is -0.371 e. The van der Waals surface area contributed by atoms with Gasteiger partial charge in [0, 0.05) is 23.8 Å². The van der Waals surface area contributed by atoms with Crippen LogP contribution in [0.25, 0.3) is 0 Å². The van der Waals surface area contributed by atoms with Crippen LogP contribution in [-0.2, 0) is 6.42 Å². The Morgan fingerprint density at radius 1 is 1.41 bits per heavy atom. The van der Waals surface area contributed by atoms with Crippen molar-refractivity contribution in [3.8, 4) is 0 Å². The Labute approximate surface area is 109 Å². The molecule has 1 aliphatic rings. The molecular formula is C14H21ClN2. The maximum atomic E-state index is 6.06. The molecule has 0 unspecified atom stereocenters. The maximum Gasteiger partial charge on any atom is 0.0410 e. The molecule has 1 aromatic carbocycles. The van der Waals surface area contributed by atoms with Gasteiger partial charge in [-0.2, -0.15) is 0 Å². The standard InChI is InChI=1S/C14H21ClN2/c1-2-17(10-11-3-4-11)14-6-5-13(15)9-12(14)7-8-16/h5-6,9,11H,2-4,7-8,10,16H2,1H3. The Hall–Kier alpha value is -0.730. The fraction of sp³-hybridized carbons (Fsp3) is 0.571. The number of anilines is 1. The maximum absolute atomic E-state index is 6.06. The van der Waals surface area contributed by atoms with Gasteiger partial charge in [0.1, 0.15) is 0 Å². The van der Waals surface area contributed by atoms with Crippen LogP contribution in [0.15, 0.2) is 18.2 Å². The van der Waals surface area contributed by atoms with E-state index in [1.165, 1.54) is 30.6 Å². The van der Waals surface area contributed by atoms with E-state index in [0.717, 1.165) is 23.9 Å². The van der Waals surface area contributed by atoms with Crippen LogP contribution >= 0.6 is 11.6 Å². The molecule has 0 saturated heterocycles. The minimum absolute atomic E-state index is 0.675. The number of nitrogens with zero attached hydrogens (tertiary/aromatic N) is 1. The van der Waals surface area contributed by atoms with Crippen molar-refractivity contribution < 1.29 is 0 Å². The van der Waals surface area contributed by atoms with E-state index in [2.05, 4.69) is 24.0 Å². The monoisotopic (exact) mass is 252 g/mol. The summed E-state index contributed by atoms with van der Waals surface area (Å²) in [5.74, 6) is 0.899. The van der Waals surface area contributed by atoms with E-state index in [4.69, 9.17) is 17.3 Å². The molecule has 1 aromatic rings. The van der Waals surface area contributed by atoms with Gasteiger partial charge < -0.3 is 10.6 Å². The lowest BCUT2D eigenvalue weighted by Crippen LogP contribution is -2.26. The lowest BCUT2D eigenvalue weighted by Gasteiger charge is -2.26. The van der Waals surface area contributed by atoms with Crippen molar-refractivity contribution in [3.63, 3.8) is 0 Å². The molecule has 3 heteroatoms. The van der Waals surface area contributed by atoms with E-state index >= 15 is 0 Å². The van der Waals surface area contributed by atoms with Crippen LogP contribution in [0.3, 0.4) is 0 Å². The zero-order chi connectivity index (χ0) is 12.3. The molecule has 2 N–H and O–H groups in total. The summed E-state index contributed by atoms with van der Waals surface area (Å²) in [6.07, 6.45) is 3.67. The molecule has 0 aromatic heterocycles. The molecule has 1 aliphatic carbocycles. The molecule has 0 radical (unpaired) electrons. The highest BCUT2D eigenvalue weighted by atomic mass is 35.5. The second-order valence-electron chi connectivity index (χ2n) is 4.79. The normalized spacial score (nSPS) is 15.0. The quantitative estimate of drug-likeness (QED) is 0.843. The second-order valence-corrected chi connectivity index (χ2v) is 5.23. The van der Waals surface area contributed by atoms with E-state index in [1.807, 2.05) is 6.07 Å². The summed E-state index contributed by atoms with van der Waals surface area (Å²) in [7, 11) is 0. The van der Waals surface area contributed by atoms with Crippen molar-refractivity contribution in [1.82, 2.24) is 0 Å². The average molecular weight is 253 g/mol. The zero-order valence-electron chi connectivity index (χ0n) is 10.5. The van der Waals surface area contributed by atoms with Crippen molar-refractivity contribution in [3.05, 3.63) is 28.8 Å². The third kappa shape index (κ3) is 3.36. The minimum atomic E-state index is 0.675. The number of halogens is 1. The van der Waals surface area contributed by atoms with Crippen molar-refractivity contribution in [1.29, 1.82) is 0 Å². The van der Waals surface area contributed by atoms with Crippen molar-refractivity contribution >= 4 is 17.3 Å². The lowest BCUT2D eigenvalue weighted by molar-refractivity contribution is 0.737. The summed E-state index contributed by atoms with van der Waals surface area (Å²) >= 11 is 6.06. The molecule has 2 nitrogen and oxygen atoms in total. The summed E-state index contributed by atoms with van der Waals surface area (Å²) in [6.45, 7) is 5.11. The van der Waals surface area contributed by atoms with Gasteiger partial charge in [-0.3, -0.25) is 0 Å². The molecular weight excluding hydrogens is 232 g/mol. The summed E-state index contributed by atoms with van der Waals surface area (Å²) in [6, 6.07) is 6.17. The van der Waals surface area contributed by atoms with Gasteiger partial charge in [0.05, 0.1) is 0 Å². The summed E-state index contributed by atoms with van der Waals surface area (Å²) in [4.78, 5) is 2.46. The topological polar surface area (TPSA) is 29.3 Å². The Morgan fingerprint density at radius 2 is 2.18 bits per heavy atom. The predicted octanol–water partition coefficient (Wildman–Crippen LogP) is 3.08. The summed E-state index contributed by atoms with van der Waals surface area (Å²) in [5, 5.41) is 0.805. The second kappa shape index (κ2) is 5.74. The fourth-order valence-electron chi connectivity index (χ4n) is 2.23. The van der Waals surface area contributed by atoms with Gasteiger partial charge in [-0.15, -0.1) is 0 Å². The molecule has 94 valence electrons. The molecule has 0 aliphatic heterocycles. The van der Waals surface area contributed by atoms with Gasteiger partial charge in [-0.25, -0.2) is 0 Å². The first-order valence-electron chi connectivity index (χ1n) is 6.48. The largest absolute Gasteiger partial charge is 0.371 e. The third-order valence-corrected chi connectivity index (χ3v) is 3.59. The molecule has 1 fully saturated rings. The van der Waals surface area contributed by atoms with Crippen LogP contribution in [0.4, 0.5) is 5.69 Å². The number of rotatable bonds is 6. The molecule has 0 heterocycles. The first-order chi connectivity index (χ1) is 8.24. The smallest absolute Gasteiger partial charge is 0.0410 e. The van der Waals surface area contributed by atoms with Crippen molar-refractivity contribution in [2.24, 2.45) is 11.7 Å². The molecule has 0 amide bonds. The van der Waals surface area contributed by atoms with Crippen LogP contribution < -0.4 is 10.6 Å². The van der Waals surface area contributed by atoms with Crippen LogP contribution in [0.5, 0.6) is 0 Å². The summed E-state index contributed by atoms with van der Waals surface area (Å²) < 4.78 is 0. The number of nitrogens with two attached hydrogens (primary N) is 1. The van der Waals surface area contributed by atoms with Gasteiger partial charge in [0.15, 0.2) is 0 Å². The molecule has 17 heavy (non-hydrogen) atoms. The highest BCUT2D eigenvalue weighted by Gasteiger charge is 2.24. The highest BCUT2D eigenvalue weighted by Crippen LogP contribution is 2.33. The van der Waals surface area contributed by atoms with Gasteiger partial charge in [0.25, 0.3) is 0 Å². The van der Waals surface area contributed by atoms with Crippen molar-refractivity contribution in [2.45, 2.75) is 26.2 Å². The van der Waals surface area contributed by atoms with E-state index in [-0.39, 0.29) is 0 Å². The van der Waals surface area contributed by atoms with Crippen molar-refractivity contribution in [2.75, 3.05) is 24.5 Å². The third-order valence-electron chi connectivity index (χ3n) is 3.35. The Balaban J connectivity index is 2.20. The lowest BCUT2D eigenvalue weighted by atomic mass is 10.1. The van der Waals surface area contributed by atoms with Gasteiger partial charge in [0.2, 0.25) is 0 Å². The van der Waals surface area contributed by atoms with Gasteiger partial charge >= 0.3 is 0 Å². The van der Waals surface area contributed by atoms with Crippen LogP contribution in [-0.4, -0.2) is 19.6 Å². The first-order valence-corrected chi connectivity index (χ1v) is 6.85. The fourth-order valence-corrected chi connectivity index (χ4v) is 2.42. The number of hydrogen-bond donors (Lipinski definition) is 1. The first kappa shape index (κ1) is 12.7. The predicted molar refractivity (Wildman–Crippen MR) is 74.8 cm³/mol. The molecule has 1 saturated carbocycles. The number of hydrogen-bond acceptors (Lipinski definition) is 2. The summed E-state index contributed by atoms with van der Waals surface area (Å²) in [5.41, 5.74) is 8.27. The average Bonchev–Trinajstić information content (AvgIpc) is 3.11. The Bertz CT molecular complexity index is 374.